The van der Waals surface area contributed by atoms with Crippen LogP contribution in [0, 0.1) is 0 Å². The largest absolute Gasteiger partial charge is 0.492 e. The van der Waals surface area contributed by atoms with Crippen LogP contribution in [0.15, 0.2) is 24.3 Å². The summed E-state index contributed by atoms with van der Waals surface area (Å²) in [4.78, 5) is 36.5. The van der Waals surface area contributed by atoms with E-state index in [1.165, 1.54) is 0 Å². The lowest BCUT2D eigenvalue weighted by molar-refractivity contribution is -0.139. The first kappa shape index (κ1) is 21.6. The van der Waals surface area contributed by atoms with Crippen molar-refractivity contribution >= 4 is 18.3 Å². The van der Waals surface area contributed by atoms with Crippen LogP contribution in [0.5, 0.6) is 5.75 Å². The second-order valence-corrected chi connectivity index (χ2v) is 6.89. The minimum Gasteiger partial charge on any atom is -0.492 e. The van der Waals surface area contributed by atoms with Gasteiger partial charge in [0.25, 0.3) is 0 Å². The van der Waals surface area contributed by atoms with Gasteiger partial charge in [-0.25, -0.2) is 0 Å². The number of amides is 1. The number of hydrogen-bond acceptors (Lipinski definition) is 6. The van der Waals surface area contributed by atoms with Gasteiger partial charge in [0.2, 0.25) is 6.41 Å². The third-order valence-corrected chi connectivity index (χ3v) is 4.83. The predicted molar refractivity (Wildman–Crippen MR) is 101 cm³/mol. The van der Waals surface area contributed by atoms with Gasteiger partial charge in [0.1, 0.15) is 18.4 Å². The number of hydrogen-bond donors (Lipinski definition) is 3. The Morgan fingerprint density at radius 1 is 1.25 bits per heavy atom. The summed E-state index contributed by atoms with van der Waals surface area (Å²) in [6, 6.07) is 6.20. The molecule has 0 spiro atoms. The second-order valence-electron chi connectivity index (χ2n) is 6.89. The number of carbonyl (C=O) groups is 3. The second kappa shape index (κ2) is 10.6. The predicted octanol–water partition coefficient (Wildman–Crippen LogP) is 0.0272. The van der Waals surface area contributed by atoms with Crippen LogP contribution in [-0.2, 0) is 20.8 Å². The first-order valence-corrected chi connectivity index (χ1v) is 9.24. The van der Waals surface area contributed by atoms with Crippen LogP contribution in [0.3, 0.4) is 0 Å². The van der Waals surface area contributed by atoms with E-state index < -0.39 is 18.0 Å². The van der Waals surface area contributed by atoms with Crippen LogP contribution < -0.4 is 10.5 Å². The van der Waals surface area contributed by atoms with E-state index in [4.69, 9.17) is 20.7 Å². The normalized spacial score (nSPS) is 16.3. The highest BCUT2D eigenvalue weighted by molar-refractivity contribution is 5.73. The molecule has 0 saturated carbocycles. The highest BCUT2D eigenvalue weighted by atomic mass is 16.5. The van der Waals surface area contributed by atoms with Gasteiger partial charge in [0.15, 0.2) is 0 Å². The third-order valence-electron chi connectivity index (χ3n) is 4.83. The molecule has 0 bridgehead atoms. The molecule has 0 aliphatic carbocycles. The van der Waals surface area contributed by atoms with Crippen LogP contribution in [0.4, 0.5) is 0 Å². The topological polar surface area (TPSA) is 133 Å². The van der Waals surface area contributed by atoms with Crippen molar-refractivity contribution in [3.8, 4) is 5.75 Å². The first-order valence-electron chi connectivity index (χ1n) is 9.24. The van der Waals surface area contributed by atoms with E-state index in [9.17, 15) is 14.4 Å². The van der Waals surface area contributed by atoms with E-state index >= 15 is 0 Å². The summed E-state index contributed by atoms with van der Waals surface area (Å²) in [6.45, 7) is 2.12. The standard InChI is InChI=1S/C19H27N3O6/c20-17(19(26)27)11-14-1-3-16(4-2-14)28-10-9-22(13-23)15-5-7-21(8-6-15)12-18(24)25/h1-4,13,15,17H,5-12,20H2,(H,24,25)(H,26,27)/t17-/m0/s1. The van der Waals surface area contributed by atoms with Crippen LogP contribution in [0.2, 0.25) is 0 Å². The maximum atomic E-state index is 11.4. The average Bonchev–Trinajstić information content (AvgIpc) is 2.67. The molecule has 1 aliphatic heterocycles. The van der Waals surface area contributed by atoms with Crippen LogP contribution >= 0.6 is 0 Å². The van der Waals surface area contributed by atoms with E-state index in [1.807, 2.05) is 4.90 Å². The van der Waals surface area contributed by atoms with Crippen LogP contribution in [0.1, 0.15) is 18.4 Å². The van der Waals surface area contributed by atoms with Gasteiger partial charge >= 0.3 is 11.9 Å². The van der Waals surface area contributed by atoms with Gasteiger partial charge < -0.3 is 25.6 Å². The van der Waals surface area contributed by atoms with E-state index in [2.05, 4.69) is 0 Å². The quantitative estimate of drug-likeness (QED) is 0.448. The Morgan fingerprint density at radius 2 is 1.89 bits per heavy atom. The molecule has 1 aliphatic rings. The van der Waals surface area contributed by atoms with Crippen molar-refractivity contribution in [3.05, 3.63) is 29.8 Å². The molecule has 1 heterocycles. The lowest BCUT2D eigenvalue weighted by atomic mass is 10.0. The fraction of sp³-hybridized carbons (Fsp3) is 0.526. The number of nitrogens with zero attached hydrogens (tertiary/aromatic N) is 2. The Bertz CT molecular complexity index is 658. The Hall–Kier alpha value is -2.65. The molecule has 1 fully saturated rings. The van der Waals surface area contributed by atoms with Gasteiger partial charge in [-0.1, -0.05) is 12.1 Å². The number of carbonyl (C=O) groups excluding carboxylic acids is 1. The number of nitrogens with two attached hydrogens (primary N) is 1. The Kier molecular flexibility index (Phi) is 8.21. The summed E-state index contributed by atoms with van der Waals surface area (Å²) in [5, 5.41) is 17.7. The molecule has 9 nitrogen and oxygen atoms in total. The first-order chi connectivity index (χ1) is 13.4. The SMILES string of the molecule is N[C@@H](Cc1ccc(OCCN(C=O)C2CCN(CC(=O)O)CC2)cc1)C(=O)O. The number of carboxylic acids is 2. The molecule has 0 unspecified atom stereocenters. The van der Waals surface area contributed by atoms with E-state index in [-0.39, 0.29) is 19.0 Å². The van der Waals surface area contributed by atoms with Gasteiger partial charge in [-0.15, -0.1) is 0 Å². The molecule has 1 amide bonds. The van der Waals surface area contributed by atoms with E-state index in [1.54, 1.807) is 29.2 Å². The molecule has 1 saturated heterocycles. The number of ether oxygens (including phenoxy) is 1. The highest BCUT2D eigenvalue weighted by Gasteiger charge is 2.24. The molecule has 2 rings (SSSR count). The van der Waals surface area contributed by atoms with Crippen molar-refractivity contribution in [3.63, 3.8) is 0 Å². The number of carboxylic acid groups (broad SMARTS) is 2. The van der Waals surface area contributed by atoms with Crippen molar-refractivity contribution < 1.29 is 29.3 Å². The minimum atomic E-state index is -1.04. The molecule has 28 heavy (non-hydrogen) atoms. The third kappa shape index (κ3) is 6.82. The number of rotatable bonds is 11. The van der Waals surface area contributed by atoms with Gasteiger partial charge in [-0.2, -0.15) is 0 Å². The summed E-state index contributed by atoms with van der Waals surface area (Å²) in [5.41, 5.74) is 6.33. The summed E-state index contributed by atoms with van der Waals surface area (Å²) in [6.07, 6.45) is 2.54. The van der Waals surface area contributed by atoms with E-state index in [0.717, 1.165) is 24.8 Å². The maximum Gasteiger partial charge on any atom is 0.320 e. The summed E-state index contributed by atoms with van der Waals surface area (Å²) in [5.74, 6) is -1.24. The fourth-order valence-electron chi connectivity index (χ4n) is 3.25. The van der Waals surface area contributed by atoms with Crippen molar-refractivity contribution in [1.29, 1.82) is 0 Å². The molecular weight excluding hydrogens is 366 g/mol. The fourth-order valence-corrected chi connectivity index (χ4v) is 3.25. The molecule has 0 aromatic heterocycles. The van der Waals surface area contributed by atoms with Gasteiger partial charge in [-0.05, 0) is 37.0 Å². The smallest absolute Gasteiger partial charge is 0.320 e. The van der Waals surface area contributed by atoms with Crippen LogP contribution in [-0.4, -0.2) is 83.2 Å². The Labute approximate surface area is 163 Å². The molecule has 4 N–H and O–H groups in total. The van der Waals surface area contributed by atoms with Gasteiger partial charge in [-0.3, -0.25) is 19.3 Å². The zero-order valence-electron chi connectivity index (χ0n) is 15.7. The molecule has 1 atom stereocenters. The summed E-state index contributed by atoms with van der Waals surface area (Å²) in [7, 11) is 0. The monoisotopic (exact) mass is 393 g/mol. The number of piperidine rings is 1. The average molecular weight is 393 g/mol. The molecule has 0 radical (unpaired) electrons. The molecule has 9 heteroatoms. The lowest BCUT2D eigenvalue weighted by Gasteiger charge is -2.36. The molecule has 1 aromatic carbocycles. The zero-order chi connectivity index (χ0) is 20.5. The number of benzene rings is 1. The summed E-state index contributed by atoms with van der Waals surface area (Å²) >= 11 is 0. The Morgan fingerprint density at radius 3 is 2.43 bits per heavy atom. The molecule has 154 valence electrons. The molecule has 1 aromatic rings. The maximum absolute atomic E-state index is 11.4. The minimum absolute atomic E-state index is 0.0320. The zero-order valence-corrected chi connectivity index (χ0v) is 15.7. The van der Waals surface area contributed by atoms with Gasteiger partial charge in [0, 0.05) is 19.1 Å². The van der Waals surface area contributed by atoms with Crippen molar-refractivity contribution in [1.82, 2.24) is 9.80 Å². The van der Waals surface area contributed by atoms with Crippen molar-refractivity contribution in [2.45, 2.75) is 31.3 Å². The number of likely N-dealkylation sites (tertiary alicyclic amines) is 1. The van der Waals surface area contributed by atoms with E-state index in [0.29, 0.717) is 32.0 Å². The molecular formula is C19H27N3O6. The Balaban J connectivity index is 1.74. The summed E-state index contributed by atoms with van der Waals surface area (Å²) < 4.78 is 5.67. The van der Waals surface area contributed by atoms with Gasteiger partial charge in [0.05, 0.1) is 13.1 Å². The lowest BCUT2D eigenvalue weighted by Crippen LogP contribution is -2.46. The highest BCUT2D eigenvalue weighted by Crippen LogP contribution is 2.16. The number of aliphatic carboxylic acids is 2. The van der Waals surface area contributed by atoms with Crippen molar-refractivity contribution in [2.24, 2.45) is 5.73 Å². The van der Waals surface area contributed by atoms with Crippen molar-refractivity contribution in [2.75, 3.05) is 32.8 Å². The van der Waals surface area contributed by atoms with Crippen LogP contribution in [0.25, 0.3) is 0 Å².